The van der Waals surface area contributed by atoms with E-state index in [1.54, 1.807) is 7.11 Å². The SMILES string of the molecule is COc1cccc(CCC(=O)NCC(c2ccccc2Cl)N2CCOCC2)c1. The van der Waals surface area contributed by atoms with Crippen LogP contribution in [-0.4, -0.2) is 50.8 Å². The highest BCUT2D eigenvalue weighted by atomic mass is 35.5. The lowest BCUT2D eigenvalue weighted by molar-refractivity contribution is -0.121. The highest BCUT2D eigenvalue weighted by Crippen LogP contribution is 2.27. The number of aryl methyl sites for hydroxylation is 1. The lowest BCUT2D eigenvalue weighted by Gasteiger charge is -2.35. The van der Waals surface area contributed by atoms with E-state index in [2.05, 4.69) is 10.2 Å². The van der Waals surface area contributed by atoms with Crippen LogP contribution in [0.3, 0.4) is 0 Å². The first-order valence-corrected chi connectivity index (χ1v) is 10.0. The summed E-state index contributed by atoms with van der Waals surface area (Å²) < 4.78 is 10.7. The molecule has 1 fully saturated rings. The Labute approximate surface area is 171 Å². The molecule has 0 aliphatic carbocycles. The molecule has 0 radical (unpaired) electrons. The molecule has 5 nitrogen and oxygen atoms in total. The van der Waals surface area contributed by atoms with E-state index in [0.29, 0.717) is 32.6 Å². The first kappa shape index (κ1) is 20.6. The molecule has 0 aromatic heterocycles. The van der Waals surface area contributed by atoms with E-state index in [1.165, 1.54) is 0 Å². The summed E-state index contributed by atoms with van der Waals surface area (Å²) in [6.07, 6.45) is 1.11. The van der Waals surface area contributed by atoms with Crippen molar-refractivity contribution in [2.75, 3.05) is 40.0 Å². The number of halogens is 1. The molecule has 2 aromatic carbocycles. The van der Waals surface area contributed by atoms with Crippen LogP contribution in [0.15, 0.2) is 48.5 Å². The van der Waals surface area contributed by atoms with Crippen molar-refractivity contribution in [3.8, 4) is 5.75 Å². The average molecular weight is 403 g/mol. The lowest BCUT2D eigenvalue weighted by Crippen LogP contribution is -2.44. The number of carbonyl (C=O) groups is 1. The maximum atomic E-state index is 12.5. The molecule has 0 spiro atoms. The molecule has 28 heavy (non-hydrogen) atoms. The molecule has 1 atom stereocenters. The zero-order chi connectivity index (χ0) is 19.8. The van der Waals surface area contributed by atoms with Crippen LogP contribution in [0.25, 0.3) is 0 Å². The van der Waals surface area contributed by atoms with Crippen molar-refractivity contribution < 1.29 is 14.3 Å². The summed E-state index contributed by atoms with van der Waals surface area (Å²) in [5, 5.41) is 3.82. The van der Waals surface area contributed by atoms with Gasteiger partial charge in [0.15, 0.2) is 0 Å². The zero-order valence-corrected chi connectivity index (χ0v) is 17.0. The van der Waals surface area contributed by atoms with Crippen LogP contribution in [0.1, 0.15) is 23.6 Å². The quantitative estimate of drug-likeness (QED) is 0.734. The third-order valence-corrected chi connectivity index (χ3v) is 5.36. The fourth-order valence-electron chi connectivity index (χ4n) is 3.45. The topological polar surface area (TPSA) is 50.8 Å². The molecular formula is C22H27ClN2O3. The van der Waals surface area contributed by atoms with Gasteiger partial charge in [-0.25, -0.2) is 0 Å². The number of nitrogens with one attached hydrogen (secondary N) is 1. The fourth-order valence-corrected chi connectivity index (χ4v) is 3.72. The van der Waals surface area contributed by atoms with E-state index in [9.17, 15) is 4.79 Å². The average Bonchev–Trinajstić information content (AvgIpc) is 2.74. The second-order valence-corrected chi connectivity index (χ2v) is 7.25. The number of nitrogens with zero attached hydrogens (tertiary/aromatic N) is 1. The highest BCUT2D eigenvalue weighted by Gasteiger charge is 2.24. The minimum absolute atomic E-state index is 0.0353. The zero-order valence-electron chi connectivity index (χ0n) is 16.2. The molecule has 1 aliphatic rings. The number of methoxy groups -OCH3 is 1. The molecular weight excluding hydrogens is 376 g/mol. The van der Waals surface area contributed by atoms with E-state index in [0.717, 1.165) is 35.0 Å². The van der Waals surface area contributed by atoms with Crippen molar-refractivity contribution in [2.45, 2.75) is 18.9 Å². The van der Waals surface area contributed by atoms with Gasteiger partial charge in [-0.2, -0.15) is 0 Å². The van der Waals surface area contributed by atoms with Crippen LogP contribution in [0.5, 0.6) is 5.75 Å². The van der Waals surface area contributed by atoms with Crippen molar-refractivity contribution in [2.24, 2.45) is 0 Å². The van der Waals surface area contributed by atoms with E-state index in [1.807, 2.05) is 48.5 Å². The molecule has 1 heterocycles. The molecule has 1 saturated heterocycles. The Morgan fingerprint density at radius 1 is 1.21 bits per heavy atom. The van der Waals surface area contributed by atoms with Crippen LogP contribution in [0, 0.1) is 0 Å². The summed E-state index contributed by atoms with van der Waals surface area (Å²) >= 11 is 6.44. The van der Waals surface area contributed by atoms with Crippen LogP contribution in [0.4, 0.5) is 0 Å². The van der Waals surface area contributed by atoms with Gasteiger partial charge >= 0.3 is 0 Å². The van der Waals surface area contributed by atoms with E-state index in [4.69, 9.17) is 21.1 Å². The number of amides is 1. The monoisotopic (exact) mass is 402 g/mol. The van der Waals surface area contributed by atoms with Gasteiger partial charge in [-0.3, -0.25) is 9.69 Å². The number of hydrogen-bond donors (Lipinski definition) is 1. The first-order valence-electron chi connectivity index (χ1n) is 9.63. The Hall–Kier alpha value is -2.08. The van der Waals surface area contributed by atoms with Crippen molar-refractivity contribution in [3.63, 3.8) is 0 Å². The van der Waals surface area contributed by atoms with Gasteiger partial charge in [0.1, 0.15) is 5.75 Å². The molecule has 1 unspecified atom stereocenters. The summed E-state index contributed by atoms with van der Waals surface area (Å²) in [7, 11) is 1.65. The fraction of sp³-hybridized carbons (Fsp3) is 0.409. The summed E-state index contributed by atoms with van der Waals surface area (Å²) in [6, 6.07) is 15.7. The van der Waals surface area contributed by atoms with Gasteiger partial charge in [0.05, 0.1) is 26.4 Å². The normalized spacial score (nSPS) is 15.8. The Morgan fingerprint density at radius 3 is 2.75 bits per heavy atom. The maximum Gasteiger partial charge on any atom is 0.220 e. The lowest BCUT2D eigenvalue weighted by atomic mass is 10.0. The van der Waals surface area contributed by atoms with Crippen molar-refractivity contribution in [3.05, 3.63) is 64.7 Å². The molecule has 1 N–H and O–H groups in total. The van der Waals surface area contributed by atoms with Crippen molar-refractivity contribution >= 4 is 17.5 Å². The highest BCUT2D eigenvalue weighted by molar-refractivity contribution is 6.31. The Morgan fingerprint density at radius 2 is 2.00 bits per heavy atom. The van der Waals surface area contributed by atoms with Gasteiger partial charge < -0.3 is 14.8 Å². The molecule has 3 rings (SSSR count). The predicted molar refractivity (Wildman–Crippen MR) is 111 cm³/mol. The second-order valence-electron chi connectivity index (χ2n) is 6.84. The minimum Gasteiger partial charge on any atom is -0.497 e. The summed E-state index contributed by atoms with van der Waals surface area (Å²) in [4.78, 5) is 14.8. The largest absolute Gasteiger partial charge is 0.497 e. The summed E-state index contributed by atoms with van der Waals surface area (Å²) in [5.41, 5.74) is 2.13. The molecule has 6 heteroatoms. The van der Waals surface area contributed by atoms with E-state index < -0.39 is 0 Å². The summed E-state index contributed by atoms with van der Waals surface area (Å²) in [5.74, 6) is 0.845. The smallest absolute Gasteiger partial charge is 0.220 e. The number of rotatable bonds is 8. The molecule has 1 amide bonds. The number of morpholine rings is 1. The maximum absolute atomic E-state index is 12.5. The van der Waals surface area contributed by atoms with Gasteiger partial charge in [0, 0.05) is 31.1 Å². The third-order valence-electron chi connectivity index (χ3n) is 5.02. The summed E-state index contributed by atoms with van der Waals surface area (Å²) in [6.45, 7) is 3.58. The number of hydrogen-bond acceptors (Lipinski definition) is 4. The Balaban J connectivity index is 1.59. The van der Waals surface area contributed by atoms with Gasteiger partial charge in [-0.05, 0) is 35.7 Å². The van der Waals surface area contributed by atoms with Crippen LogP contribution in [0.2, 0.25) is 5.02 Å². The third kappa shape index (κ3) is 5.71. The van der Waals surface area contributed by atoms with Crippen LogP contribution >= 0.6 is 11.6 Å². The molecule has 1 aliphatic heterocycles. The van der Waals surface area contributed by atoms with E-state index in [-0.39, 0.29) is 11.9 Å². The van der Waals surface area contributed by atoms with Gasteiger partial charge in [0.2, 0.25) is 5.91 Å². The number of carbonyl (C=O) groups excluding carboxylic acids is 1. The second kappa shape index (κ2) is 10.5. The number of ether oxygens (including phenoxy) is 2. The molecule has 150 valence electrons. The molecule has 0 saturated carbocycles. The Bertz CT molecular complexity index is 778. The Kier molecular flexibility index (Phi) is 7.71. The minimum atomic E-state index is 0.0353. The van der Waals surface area contributed by atoms with Crippen LogP contribution in [-0.2, 0) is 16.0 Å². The molecule has 0 bridgehead atoms. The van der Waals surface area contributed by atoms with Gasteiger partial charge in [0.25, 0.3) is 0 Å². The van der Waals surface area contributed by atoms with Crippen molar-refractivity contribution in [1.82, 2.24) is 10.2 Å². The standard InChI is InChI=1S/C22H27ClN2O3/c1-27-18-6-4-5-17(15-18)9-10-22(26)24-16-21(25-11-13-28-14-12-25)19-7-2-3-8-20(19)23/h2-8,15,21H,9-14,16H2,1H3,(H,24,26). The van der Waals surface area contributed by atoms with Crippen LogP contribution < -0.4 is 10.1 Å². The van der Waals surface area contributed by atoms with Gasteiger partial charge in [-0.15, -0.1) is 0 Å². The van der Waals surface area contributed by atoms with Crippen molar-refractivity contribution in [1.29, 1.82) is 0 Å². The predicted octanol–water partition coefficient (Wildman–Crippen LogP) is 3.47. The van der Waals surface area contributed by atoms with Gasteiger partial charge in [-0.1, -0.05) is 41.9 Å². The van der Waals surface area contributed by atoms with E-state index >= 15 is 0 Å². The number of benzene rings is 2. The molecule has 2 aromatic rings. The first-order chi connectivity index (χ1) is 13.7.